The number of hydrogen-bond acceptors (Lipinski definition) is 4. The Balaban J connectivity index is 2.55. The lowest BCUT2D eigenvalue weighted by atomic mass is 10.1. The van der Waals surface area contributed by atoms with E-state index in [-0.39, 0.29) is 11.5 Å². The number of rotatable bonds is 3. The lowest BCUT2D eigenvalue weighted by molar-refractivity contribution is -0.146. The van der Waals surface area contributed by atoms with E-state index >= 15 is 0 Å². The summed E-state index contributed by atoms with van der Waals surface area (Å²) in [6.45, 7) is 1.27. The number of amides is 1. The predicted molar refractivity (Wildman–Crippen MR) is 56.6 cm³/mol. The summed E-state index contributed by atoms with van der Waals surface area (Å²) in [5.41, 5.74) is 0. The van der Waals surface area contributed by atoms with Crippen LogP contribution in [0.4, 0.5) is 0 Å². The molecule has 0 radical (unpaired) electrons. The second-order valence-electron chi connectivity index (χ2n) is 4.02. The molecular weight excluding hydrogens is 234 g/mol. The summed E-state index contributed by atoms with van der Waals surface area (Å²) in [5.74, 6) is -2.94. The highest BCUT2D eigenvalue weighted by atomic mass is 32.2. The molecule has 1 aliphatic heterocycles. The standard InChI is InChI=1S/C9H15NO5S/c1-6(9(12)13)8(11)10-7-3-2-4-16(14,15)5-7/h6-7H,2-5H2,1H3,(H,10,11)(H,12,13). The van der Waals surface area contributed by atoms with E-state index in [1.54, 1.807) is 0 Å². The number of carbonyl (C=O) groups is 2. The first-order valence-corrected chi connectivity index (χ1v) is 6.87. The van der Waals surface area contributed by atoms with Gasteiger partial charge in [0.2, 0.25) is 5.91 Å². The lowest BCUT2D eigenvalue weighted by Crippen LogP contribution is -2.46. The lowest BCUT2D eigenvalue weighted by Gasteiger charge is -2.23. The molecule has 1 aliphatic rings. The van der Waals surface area contributed by atoms with Gasteiger partial charge in [-0.2, -0.15) is 0 Å². The van der Waals surface area contributed by atoms with Crippen LogP contribution in [0.3, 0.4) is 0 Å². The van der Waals surface area contributed by atoms with E-state index in [1.807, 2.05) is 0 Å². The van der Waals surface area contributed by atoms with E-state index in [4.69, 9.17) is 5.11 Å². The molecule has 1 rings (SSSR count). The molecular formula is C9H15NO5S. The van der Waals surface area contributed by atoms with Gasteiger partial charge in [-0.3, -0.25) is 9.59 Å². The van der Waals surface area contributed by atoms with Crippen LogP contribution in [0.1, 0.15) is 19.8 Å². The summed E-state index contributed by atoms with van der Waals surface area (Å²) < 4.78 is 22.6. The SMILES string of the molecule is CC(C(=O)O)C(=O)NC1CCCS(=O)(=O)C1. The van der Waals surface area contributed by atoms with E-state index < -0.39 is 33.7 Å². The Morgan fingerprint density at radius 2 is 2.06 bits per heavy atom. The minimum atomic E-state index is -3.09. The molecule has 0 aromatic rings. The van der Waals surface area contributed by atoms with Crippen LogP contribution in [0.2, 0.25) is 0 Å². The zero-order valence-corrected chi connectivity index (χ0v) is 9.79. The maximum Gasteiger partial charge on any atom is 0.315 e. The van der Waals surface area contributed by atoms with Gasteiger partial charge in [0.1, 0.15) is 5.92 Å². The zero-order valence-electron chi connectivity index (χ0n) is 8.97. The van der Waals surface area contributed by atoms with Crippen LogP contribution in [0.25, 0.3) is 0 Å². The van der Waals surface area contributed by atoms with Crippen molar-refractivity contribution in [3.8, 4) is 0 Å². The van der Waals surface area contributed by atoms with Gasteiger partial charge in [-0.15, -0.1) is 0 Å². The molecule has 0 bridgehead atoms. The van der Waals surface area contributed by atoms with Crippen LogP contribution in [-0.2, 0) is 19.4 Å². The summed E-state index contributed by atoms with van der Waals surface area (Å²) in [6.07, 6.45) is 1.09. The molecule has 1 fully saturated rings. The van der Waals surface area contributed by atoms with Crippen LogP contribution in [0, 0.1) is 5.92 Å². The third kappa shape index (κ3) is 3.48. The van der Waals surface area contributed by atoms with Crippen LogP contribution in [0.15, 0.2) is 0 Å². The van der Waals surface area contributed by atoms with Crippen molar-refractivity contribution in [1.82, 2.24) is 5.32 Å². The number of carboxylic acid groups (broad SMARTS) is 1. The molecule has 0 aliphatic carbocycles. The van der Waals surface area contributed by atoms with Crippen molar-refractivity contribution in [2.45, 2.75) is 25.8 Å². The van der Waals surface area contributed by atoms with Crippen molar-refractivity contribution in [2.75, 3.05) is 11.5 Å². The van der Waals surface area contributed by atoms with Crippen molar-refractivity contribution in [2.24, 2.45) is 5.92 Å². The molecule has 0 spiro atoms. The van der Waals surface area contributed by atoms with Gasteiger partial charge in [0.25, 0.3) is 0 Å². The van der Waals surface area contributed by atoms with Gasteiger partial charge in [-0.05, 0) is 19.8 Å². The number of nitrogens with one attached hydrogen (secondary N) is 1. The van der Waals surface area contributed by atoms with Gasteiger partial charge in [-0.1, -0.05) is 0 Å². The van der Waals surface area contributed by atoms with Crippen molar-refractivity contribution in [1.29, 1.82) is 0 Å². The normalized spacial score (nSPS) is 25.7. The highest BCUT2D eigenvalue weighted by molar-refractivity contribution is 7.91. The Morgan fingerprint density at radius 1 is 1.44 bits per heavy atom. The number of hydrogen-bond donors (Lipinski definition) is 2. The van der Waals surface area contributed by atoms with Crippen molar-refractivity contribution < 1.29 is 23.1 Å². The fourth-order valence-corrected chi connectivity index (χ4v) is 3.21. The van der Waals surface area contributed by atoms with Crippen LogP contribution in [-0.4, -0.2) is 42.9 Å². The molecule has 2 unspecified atom stereocenters. The second-order valence-corrected chi connectivity index (χ2v) is 6.25. The average molecular weight is 249 g/mol. The molecule has 2 atom stereocenters. The van der Waals surface area contributed by atoms with Gasteiger partial charge in [-0.25, -0.2) is 8.42 Å². The van der Waals surface area contributed by atoms with Crippen LogP contribution in [0.5, 0.6) is 0 Å². The first-order chi connectivity index (χ1) is 7.32. The van der Waals surface area contributed by atoms with Crippen molar-refractivity contribution in [3.63, 3.8) is 0 Å². The Bertz CT molecular complexity index is 389. The molecule has 0 saturated carbocycles. The third-order valence-corrected chi connectivity index (χ3v) is 4.39. The van der Waals surface area contributed by atoms with E-state index in [1.165, 1.54) is 6.92 Å². The molecule has 1 amide bonds. The molecule has 1 heterocycles. The molecule has 7 heteroatoms. The maximum atomic E-state index is 11.4. The second kappa shape index (κ2) is 4.82. The topological polar surface area (TPSA) is 101 Å². The smallest absolute Gasteiger partial charge is 0.315 e. The van der Waals surface area contributed by atoms with Gasteiger partial charge >= 0.3 is 5.97 Å². The highest BCUT2D eigenvalue weighted by Gasteiger charge is 2.28. The Morgan fingerprint density at radius 3 is 2.56 bits per heavy atom. The van der Waals surface area contributed by atoms with Crippen molar-refractivity contribution in [3.05, 3.63) is 0 Å². The largest absolute Gasteiger partial charge is 0.481 e. The summed E-state index contributed by atoms with van der Waals surface area (Å²) in [7, 11) is -3.09. The summed E-state index contributed by atoms with van der Waals surface area (Å²) in [5, 5.41) is 11.1. The minimum Gasteiger partial charge on any atom is -0.481 e. The Hall–Kier alpha value is -1.11. The number of carboxylic acids is 1. The molecule has 0 aromatic carbocycles. The van der Waals surface area contributed by atoms with Gasteiger partial charge in [0.05, 0.1) is 11.5 Å². The average Bonchev–Trinajstić information content (AvgIpc) is 2.14. The van der Waals surface area contributed by atoms with E-state index in [0.717, 1.165) is 0 Å². The minimum absolute atomic E-state index is 0.0922. The Labute approximate surface area is 93.9 Å². The highest BCUT2D eigenvalue weighted by Crippen LogP contribution is 2.12. The molecule has 0 aromatic heterocycles. The monoisotopic (exact) mass is 249 g/mol. The molecule has 16 heavy (non-hydrogen) atoms. The summed E-state index contributed by atoms with van der Waals surface area (Å²) >= 11 is 0. The van der Waals surface area contributed by atoms with E-state index in [9.17, 15) is 18.0 Å². The van der Waals surface area contributed by atoms with Gasteiger partial charge < -0.3 is 10.4 Å². The fourth-order valence-electron chi connectivity index (χ4n) is 1.58. The van der Waals surface area contributed by atoms with Gasteiger partial charge in [0.15, 0.2) is 9.84 Å². The van der Waals surface area contributed by atoms with E-state index in [2.05, 4.69) is 5.32 Å². The predicted octanol–water partition coefficient (Wildman–Crippen LogP) is -0.599. The fraction of sp³-hybridized carbons (Fsp3) is 0.778. The van der Waals surface area contributed by atoms with Crippen LogP contribution >= 0.6 is 0 Å². The first-order valence-electron chi connectivity index (χ1n) is 5.05. The zero-order chi connectivity index (χ0) is 12.3. The number of aliphatic carboxylic acids is 1. The van der Waals surface area contributed by atoms with Gasteiger partial charge in [0, 0.05) is 6.04 Å². The number of carbonyl (C=O) groups excluding carboxylic acids is 1. The summed E-state index contributed by atoms with van der Waals surface area (Å²) in [6, 6.07) is -0.451. The van der Waals surface area contributed by atoms with E-state index in [0.29, 0.717) is 12.8 Å². The van der Waals surface area contributed by atoms with Crippen molar-refractivity contribution >= 4 is 21.7 Å². The number of sulfone groups is 1. The molecule has 1 saturated heterocycles. The molecule has 92 valence electrons. The first kappa shape index (κ1) is 13.0. The Kier molecular flexibility index (Phi) is 3.90. The van der Waals surface area contributed by atoms with Crippen LogP contribution < -0.4 is 5.32 Å². The molecule has 6 nitrogen and oxygen atoms in total. The third-order valence-electron chi connectivity index (χ3n) is 2.57. The maximum absolute atomic E-state index is 11.4. The summed E-state index contributed by atoms with van der Waals surface area (Å²) in [4.78, 5) is 21.9. The quantitative estimate of drug-likeness (QED) is 0.650. The molecule has 2 N–H and O–H groups in total.